The van der Waals surface area contributed by atoms with E-state index in [1.807, 2.05) is 11.8 Å². The van der Waals surface area contributed by atoms with Crippen molar-refractivity contribution >= 4 is 22.7 Å². The van der Waals surface area contributed by atoms with Crippen LogP contribution in [0.2, 0.25) is 0 Å². The van der Waals surface area contributed by atoms with Crippen molar-refractivity contribution in [2.24, 2.45) is 0 Å². The molecule has 1 aliphatic heterocycles. The summed E-state index contributed by atoms with van der Waals surface area (Å²) in [6.07, 6.45) is 3.27. The molecule has 0 bridgehead atoms. The summed E-state index contributed by atoms with van der Waals surface area (Å²) in [5, 5.41) is 4.90. The SMILES string of the molecule is CSc1ccc2[nH]c3c(c2c1)CCN[C@@H]3C. The quantitative estimate of drug-likeness (QED) is 0.739. The Kier molecular flexibility index (Phi) is 2.45. The van der Waals surface area contributed by atoms with Crippen LogP contribution in [0.4, 0.5) is 0 Å². The maximum Gasteiger partial charge on any atom is 0.0460 e. The lowest BCUT2D eigenvalue weighted by atomic mass is 10.0. The van der Waals surface area contributed by atoms with Crippen LogP contribution in [-0.4, -0.2) is 17.8 Å². The number of nitrogens with one attached hydrogen (secondary N) is 2. The summed E-state index contributed by atoms with van der Waals surface area (Å²) in [5.41, 5.74) is 4.16. The minimum Gasteiger partial charge on any atom is -0.357 e. The summed E-state index contributed by atoms with van der Waals surface area (Å²) in [4.78, 5) is 4.89. The third kappa shape index (κ3) is 1.46. The second-order valence-electron chi connectivity index (χ2n) is 4.35. The van der Waals surface area contributed by atoms with Crippen LogP contribution < -0.4 is 5.32 Å². The molecule has 2 N–H and O–H groups in total. The molecular weight excluding hydrogens is 216 g/mol. The third-order valence-corrected chi connectivity index (χ3v) is 4.13. The average molecular weight is 232 g/mol. The van der Waals surface area contributed by atoms with Crippen molar-refractivity contribution in [1.82, 2.24) is 10.3 Å². The van der Waals surface area contributed by atoms with E-state index < -0.39 is 0 Å². The summed E-state index contributed by atoms with van der Waals surface area (Å²) in [7, 11) is 0. The van der Waals surface area contributed by atoms with Crippen molar-refractivity contribution in [2.45, 2.75) is 24.3 Å². The van der Waals surface area contributed by atoms with Gasteiger partial charge in [-0.15, -0.1) is 11.8 Å². The molecule has 0 saturated carbocycles. The summed E-state index contributed by atoms with van der Waals surface area (Å²) in [6.45, 7) is 3.31. The summed E-state index contributed by atoms with van der Waals surface area (Å²) in [5.74, 6) is 0. The molecular formula is C13H16N2S. The Bertz CT molecular complexity index is 530. The molecule has 0 amide bonds. The van der Waals surface area contributed by atoms with Crippen LogP contribution in [-0.2, 0) is 6.42 Å². The van der Waals surface area contributed by atoms with Crippen LogP contribution in [0.3, 0.4) is 0 Å². The van der Waals surface area contributed by atoms with E-state index in [4.69, 9.17) is 0 Å². The highest BCUT2D eigenvalue weighted by Gasteiger charge is 2.20. The lowest BCUT2D eigenvalue weighted by molar-refractivity contribution is 0.533. The molecule has 3 heteroatoms. The Morgan fingerprint density at radius 2 is 2.25 bits per heavy atom. The molecule has 0 saturated heterocycles. The smallest absolute Gasteiger partial charge is 0.0460 e. The molecule has 3 rings (SSSR count). The van der Waals surface area contributed by atoms with Crippen molar-refractivity contribution in [3.63, 3.8) is 0 Å². The van der Waals surface area contributed by atoms with Gasteiger partial charge < -0.3 is 10.3 Å². The number of fused-ring (bicyclic) bond motifs is 3. The predicted molar refractivity (Wildman–Crippen MR) is 70.2 cm³/mol. The van der Waals surface area contributed by atoms with Crippen LogP contribution in [0.1, 0.15) is 24.2 Å². The van der Waals surface area contributed by atoms with Crippen molar-refractivity contribution in [2.75, 3.05) is 12.8 Å². The zero-order chi connectivity index (χ0) is 11.1. The topological polar surface area (TPSA) is 27.8 Å². The highest BCUT2D eigenvalue weighted by molar-refractivity contribution is 7.98. The Morgan fingerprint density at radius 3 is 3.06 bits per heavy atom. The molecule has 1 aliphatic rings. The lowest BCUT2D eigenvalue weighted by Crippen LogP contribution is -2.27. The molecule has 84 valence electrons. The molecule has 2 aromatic rings. The van der Waals surface area contributed by atoms with Crippen LogP contribution in [0, 0.1) is 0 Å². The van der Waals surface area contributed by atoms with Gasteiger partial charge in [-0.3, -0.25) is 0 Å². The van der Waals surface area contributed by atoms with E-state index >= 15 is 0 Å². The van der Waals surface area contributed by atoms with E-state index in [2.05, 4.69) is 41.7 Å². The third-order valence-electron chi connectivity index (χ3n) is 3.40. The van der Waals surface area contributed by atoms with Gasteiger partial charge in [0, 0.05) is 27.5 Å². The van der Waals surface area contributed by atoms with Crippen LogP contribution in [0.25, 0.3) is 10.9 Å². The number of thioether (sulfide) groups is 1. The molecule has 1 aromatic heterocycles. The molecule has 0 aliphatic carbocycles. The second kappa shape index (κ2) is 3.82. The fourth-order valence-corrected chi connectivity index (χ4v) is 2.97. The largest absolute Gasteiger partial charge is 0.357 e. The zero-order valence-electron chi connectivity index (χ0n) is 9.63. The van der Waals surface area contributed by atoms with Gasteiger partial charge in [0.25, 0.3) is 0 Å². The van der Waals surface area contributed by atoms with Crippen LogP contribution >= 0.6 is 11.8 Å². The van der Waals surface area contributed by atoms with Gasteiger partial charge in [0.05, 0.1) is 0 Å². The number of aromatic amines is 1. The Hall–Kier alpha value is -0.930. The Labute approximate surface area is 99.8 Å². The van der Waals surface area contributed by atoms with Crippen molar-refractivity contribution in [3.8, 4) is 0 Å². The average Bonchev–Trinajstić information content (AvgIpc) is 2.68. The fraction of sp³-hybridized carbons (Fsp3) is 0.385. The minimum atomic E-state index is 0.453. The number of benzene rings is 1. The van der Waals surface area contributed by atoms with E-state index in [1.165, 1.54) is 27.1 Å². The normalized spacial score (nSPS) is 20.0. The van der Waals surface area contributed by atoms with Gasteiger partial charge in [0.1, 0.15) is 0 Å². The first-order chi connectivity index (χ1) is 7.79. The van der Waals surface area contributed by atoms with Crippen LogP contribution in [0.15, 0.2) is 23.1 Å². The van der Waals surface area contributed by atoms with Gasteiger partial charge in [-0.2, -0.15) is 0 Å². The fourth-order valence-electron chi connectivity index (χ4n) is 2.53. The van der Waals surface area contributed by atoms with E-state index in [-0.39, 0.29) is 0 Å². The van der Waals surface area contributed by atoms with Gasteiger partial charge in [-0.1, -0.05) is 0 Å². The molecule has 0 radical (unpaired) electrons. The molecule has 0 fully saturated rings. The van der Waals surface area contributed by atoms with Crippen molar-refractivity contribution in [3.05, 3.63) is 29.5 Å². The van der Waals surface area contributed by atoms with E-state index in [1.54, 1.807) is 0 Å². The number of rotatable bonds is 1. The van der Waals surface area contributed by atoms with Gasteiger partial charge >= 0.3 is 0 Å². The highest BCUT2D eigenvalue weighted by atomic mass is 32.2. The number of aromatic nitrogens is 1. The zero-order valence-corrected chi connectivity index (χ0v) is 10.4. The standard InChI is InChI=1S/C13H16N2S/c1-8-13-10(5-6-14-8)11-7-9(16-2)3-4-12(11)15-13/h3-4,7-8,14-15H,5-6H2,1-2H3/t8-/m1/s1. The summed E-state index contributed by atoms with van der Waals surface area (Å²) < 4.78 is 0. The molecule has 0 unspecified atom stereocenters. The number of hydrogen-bond donors (Lipinski definition) is 2. The van der Waals surface area contributed by atoms with Crippen molar-refractivity contribution < 1.29 is 0 Å². The maximum atomic E-state index is 3.55. The predicted octanol–water partition coefficient (Wildman–Crippen LogP) is 3.10. The molecule has 1 atom stereocenters. The highest BCUT2D eigenvalue weighted by Crippen LogP contribution is 2.31. The summed E-state index contributed by atoms with van der Waals surface area (Å²) in [6, 6.07) is 7.15. The number of H-pyrrole nitrogens is 1. The van der Waals surface area contributed by atoms with Gasteiger partial charge in [0.15, 0.2) is 0 Å². The number of hydrogen-bond acceptors (Lipinski definition) is 2. The minimum absolute atomic E-state index is 0.453. The Balaban J connectivity index is 2.25. The molecule has 0 spiro atoms. The molecule has 2 heterocycles. The first-order valence-corrected chi connectivity index (χ1v) is 6.94. The van der Waals surface area contributed by atoms with Gasteiger partial charge in [-0.05, 0) is 49.9 Å². The molecule has 2 nitrogen and oxygen atoms in total. The molecule has 1 aromatic carbocycles. The molecule has 16 heavy (non-hydrogen) atoms. The van der Waals surface area contributed by atoms with Gasteiger partial charge in [-0.25, -0.2) is 0 Å². The van der Waals surface area contributed by atoms with E-state index in [0.29, 0.717) is 6.04 Å². The van der Waals surface area contributed by atoms with Crippen molar-refractivity contribution in [1.29, 1.82) is 0 Å². The van der Waals surface area contributed by atoms with E-state index in [0.717, 1.165) is 13.0 Å². The monoisotopic (exact) mass is 232 g/mol. The second-order valence-corrected chi connectivity index (χ2v) is 5.23. The summed E-state index contributed by atoms with van der Waals surface area (Å²) >= 11 is 1.81. The van der Waals surface area contributed by atoms with Gasteiger partial charge in [0.2, 0.25) is 0 Å². The van der Waals surface area contributed by atoms with Crippen LogP contribution in [0.5, 0.6) is 0 Å². The first-order valence-electron chi connectivity index (χ1n) is 5.71. The van der Waals surface area contributed by atoms with E-state index in [9.17, 15) is 0 Å². The first kappa shape index (κ1) is 10.2. The Morgan fingerprint density at radius 1 is 1.38 bits per heavy atom. The lowest BCUT2D eigenvalue weighted by Gasteiger charge is -2.20. The maximum absolute atomic E-state index is 3.55.